The van der Waals surface area contributed by atoms with Gasteiger partial charge in [0.25, 0.3) is 0 Å². The van der Waals surface area contributed by atoms with Crippen molar-refractivity contribution < 1.29 is 0 Å². The first-order chi connectivity index (χ1) is 15.4. The molecule has 1 aromatic heterocycles. The zero-order valence-electron chi connectivity index (χ0n) is 16.9. The van der Waals surface area contributed by atoms with Crippen molar-refractivity contribution in [1.29, 1.82) is 0 Å². The quantitative estimate of drug-likeness (QED) is 0.228. The lowest BCUT2D eigenvalue weighted by Gasteiger charge is -2.17. The van der Waals surface area contributed by atoms with Crippen molar-refractivity contribution in [2.45, 2.75) is 4.90 Å². The maximum Gasteiger partial charge on any atom is 0.113 e. The van der Waals surface area contributed by atoms with Crippen molar-refractivity contribution in [3.63, 3.8) is 0 Å². The Morgan fingerprint density at radius 1 is 0.645 bits per heavy atom. The lowest BCUT2D eigenvalue weighted by atomic mass is 10.0. The summed E-state index contributed by atoms with van der Waals surface area (Å²) in [5.74, 6) is 0.812. The molecule has 4 aromatic carbocycles. The fourth-order valence-corrected chi connectivity index (χ4v) is 4.62. The van der Waals surface area contributed by atoms with Gasteiger partial charge < -0.3 is 0 Å². The predicted molar refractivity (Wildman–Crippen MR) is 130 cm³/mol. The Hall–Kier alpha value is -3.63. The minimum atomic E-state index is 0.812. The zero-order valence-corrected chi connectivity index (χ0v) is 17.7. The highest BCUT2D eigenvalue weighted by Gasteiger charge is 2.18. The van der Waals surface area contributed by atoms with E-state index in [4.69, 9.17) is 0 Å². The first-order valence-electron chi connectivity index (χ1n) is 10.2. The van der Waals surface area contributed by atoms with Crippen LogP contribution in [0.1, 0.15) is 11.1 Å². The summed E-state index contributed by atoms with van der Waals surface area (Å²) < 4.78 is 1.98. The molecule has 0 amide bonds. The zero-order chi connectivity index (χ0) is 20.9. The van der Waals surface area contributed by atoms with Gasteiger partial charge in [0.2, 0.25) is 0 Å². The fourth-order valence-electron chi connectivity index (χ4n) is 3.65. The lowest BCUT2D eigenvalue weighted by molar-refractivity contribution is 0.841. The second kappa shape index (κ2) is 9.02. The first-order valence-corrected chi connectivity index (χ1v) is 11.2. The average molecular weight is 420 g/mol. The number of aromatic nitrogens is 3. The number of fused-ring (bicyclic) bond motifs is 1. The molecule has 0 fully saturated rings. The molecule has 0 saturated heterocycles. The van der Waals surface area contributed by atoms with E-state index in [9.17, 15) is 0 Å². The smallest absolute Gasteiger partial charge is 0.113 e. The van der Waals surface area contributed by atoms with Gasteiger partial charge in [-0.3, -0.25) is 0 Å². The van der Waals surface area contributed by atoms with Crippen LogP contribution in [0.25, 0.3) is 22.3 Å². The number of nitrogens with zero attached hydrogens (tertiary/aromatic N) is 3. The molecule has 5 rings (SSSR count). The number of para-hydroxylation sites is 1. The molecule has 0 aliphatic heterocycles. The van der Waals surface area contributed by atoms with Gasteiger partial charge in [-0.15, -0.1) is 16.9 Å². The highest BCUT2D eigenvalue weighted by molar-refractivity contribution is 7.99. The van der Waals surface area contributed by atoms with Crippen molar-refractivity contribution >= 4 is 34.1 Å². The van der Waals surface area contributed by atoms with Gasteiger partial charge in [-0.25, -0.2) is 4.68 Å². The van der Waals surface area contributed by atoms with Crippen molar-refractivity contribution in [3.05, 3.63) is 126 Å². The van der Waals surface area contributed by atoms with Gasteiger partial charge in [-0.2, -0.15) is 0 Å². The summed E-state index contributed by atoms with van der Waals surface area (Å²) in [6.07, 6.45) is 0. The molecular weight excluding hydrogens is 398 g/mol. The molecule has 0 aliphatic carbocycles. The SMILES string of the molecule is c1ccc(SC/C(=C(/c2ccccc2)n2nnc3ccccc32)c2ccccc2)cc1. The van der Waals surface area contributed by atoms with E-state index in [1.165, 1.54) is 16.0 Å². The summed E-state index contributed by atoms with van der Waals surface area (Å²) in [5, 5.41) is 9.00. The number of hydrogen-bond donors (Lipinski definition) is 0. The van der Waals surface area contributed by atoms with Crippen LogP contribution in [0.3, 0.4) is 0 Å². The summed E-state index contributed by atoms with van der Waals surface area (Å²) >= 11 is 1.83. The van der Waals surface area contributed by atoms with Crippen LogP contribution in [0.4, 0.5) is 0 Å². The molecule has 0 unspecified atom stereocenters. The molecule has 150 valence electrons. The Morgan fingerprint density at radius 2 is 1.23 bits per heavy atom. The lowest BCUT2D eigenvalue weighted by Crippen LogP contribution is -2.06. The van der Waals surface area contributed by atoms with Crippen molar-refractivity contribution in [2.24, 2.45) is 0 Å². The van der Waals surface area contributed by atoms with E-state index in [1.807, 2.05) is 40.7 Å². The third kappa shape index (κ3) is 4.16. The van der Waals surface area contributed by atoms with Crippen LogP contribution in [-0.2, 0) is 0 Å². The molecule has 0 bridgehead atoms. The molecule has 0 radical (unpaired) electrons. The van der Waals surface area contributed by atoms with Gasteiger partial charge in [-0.1, -0.05) is 96.2 Å². The van der Waals surface area contributed by atoms with E-state index in [0.29, 0.717) is 0 Å². The number of rotatable bonds is 6. The Balaban J connectivity index is 1.74. The average Bonchev–Trinajstić information content (AvgIpc) is 3.27. The van der Waals surface area contributed by atoms with Crippen LogP contribution in [0.2, 0.25) is 0 Å². The van der Waals surface area contributed by atoms with Crippen molar-refractivity contribution in [1.82, 2.24) is 15.0 Å². The Morgan fingerprint density at radius 3 is 1.94 bits per heavy atom. The van der Waals surface area contributed by atoms with Crippen molar-refractivity contribution in [2.75, 3.05) is 5.75 Å². The van der Waals surface area contributed by atoms with Crippen LogP contribution in [0, 0.1) is 0 Å². The minimum absolute atomic E-state index is 0.812. The normalized spacial score (nSPS) is 12.0. The highest BCUT2D eigenvalue weighted by Crippen LogP contribution is 2.34. The predicted octanol–water partition coefficient (Wildman–Crippen LogP) is 6.64. The Bertz CT molecular complexity index is 1310. The summed E-state index contributed by atoms with van der Waals surface area (Å²) in [6, 6.07) is 39.7. The molecular formula is C27H21N3S. The number of hydrogen-bond acceptors (Lipinski definition) is 3. The van der Waals surface area contributed by atoms with Crippen LogP contribution in [0.15, 0.2) is 120 Å². The molecule has 5 aromatic rings. The maximum absolute atomic E-state index is 4.57. The van der Waals surface area contributed by atoms with Gasteiger partial charge >= 0.3 is 0 Å². The van der Waals surface area contributed by atoms with Gasteiger partial charge in [0.1, 0.15) is 5.52 Å². The van der Waals surface area contributed by atoms with E-state index in [-0.39, 0.29) is 0 Å². The fraction of sp³-hybridized carbons (Fsp3) is 0.0370. The second-order valence-corrected chi connectivity index (χ2v) is 8.20. The molecule has 31 heavy (non-hydrogen) atoms. The standard InChI is InChI=1S/C27H21N3S/c1-4-12-21(13-5-1)24(20-31-23-16-8-3-9-17-23)27(22-14-6-2-7-15-22)30-26-19-11-10-18-25(26)28-29-30/h1-19H,20H2/b27-24+. The number of thioether (sulfide) groups is 1. The Kier molecular flexibility index (Phi) is 5.63. The van der Waals surface area contributed by atoms with Crippen LogP contribution < -0.4 is 0 Å². The summed E-state index contributed by atoms with van der Waals surface area (Å²) in [5.41, 5.74) is 6.47. The number of benzene rings is 4. The minimum Gasteiger partial charge on any atom is -0.212 e. The van der Waals surface area contributed by atoms with Gasteiger partial charge in [0, 0.05) is 16.2 Å². The van der Waals surface area contributed by atoms with Crippen molar-refractivity contribution in [3.8, 4) is 0 Å². The Labute approximate surface area is 186 Å². The monoisotopic (exact) mass is 419 g/mol. The molecule has 0 atom stereocenters. The highest BCUT2D eigenvalue weighted by atomic mass is 32.2. The van der Waals surface area contributed by atoms with Crippen LogP contribution in [-0.4, -0.2) is 20.7 Å². The third-order valence-electron chi connectivity index (χ3n) is 5.15. The van der Waals surface area contributed by atoms with Gasteiger partial charge in [0.05, 0.1) is 11.2 Å². The molecule has 0 spiro atoms. The summed E-state index contributed by atoms with van der Waals surface area (Å²) in [4.78, 5) is 1.24. The largest absolute Gasteiger partial charge is 0.212 e. The topological polar surface area (TPSA) is 30.7 Å². The second-order valence-electron chi connectivity index (χ2n) is 7.15. The van der Waals surface area contributed by atoms with E-state index >= 15 is 0 Å². The molecule has 0 saturated carbocycles. The molecule has 0 N–H and O–H groups in total. The summed E-state index contributed by atoms with van der Waals surface area (Å²) in [7, 11) is 0. The maximum atomic E-state index is 4.57. The van der Waals surface area contributed by atoms with Crippen LogP contribution >= 0.6 is 11.8 Å². The van der Waals surface area contributed by atoms with Gasteiger partial charge in [-0.05, 0) is 35.4 Å². The van der Waals surface area contributed by atoms with Crippen LogP contribution in [0.5, 0.6) is 0 Å². The molecule has 4 heteroatoms. The molecule has 0 aliphatic rings. The van der Waals surface area contributed by atoms with E-state index in [0.717, 1.165) is 28.0 Å². The van der Waals surface area contributed by atoms with Gasteiger partial charge in [0.15, 0.2) is 0 Å². The summed E-state index contributed by atoms with van der Waals surface area (Å²) in [6.45, 7) is 0. The molecule has 1 heterocycles. The first kappa shape index (κ1) is 19.3. The van der Waals surface area contributed by atoms with E-state index < -0.39 is 0 Å². The third-order valence-corrected chi connectivity index (χ3v) is 6.18. The van der Waals surface area contributed by atoms with E-state index in [2.05, 4.69) is 101 Å². The molecule has 3 nitrogen and oxygen atoms in total. The van der Waals surface area contributed by atoms with E-state index in [1.54, 1.807) is 0 Å².